The van der Waals surface area contributed by atoms with Crippen LogP contribution in [-0.2, 0) is 16.6 Å². The number of carboxylic acids is 1. The number of hydrogen-bond donors (Lipinski definition) is 2. The lowest BCUT2D eigenvalue weighted by atomic mass is 10.2. The minimum absolute atomic E-state index is 0.00656. The molecule has 0 amide bonds. The molecule has 0 aromatic carbocycles. The number of aryl methyl sites for hydroxylation is 1. The molecular formula is C11H11NO4S3. The zero-order valence-corrected chi connectivity index (χ0v) is 12.4. The van der Waals surface area contributed by atoms with Crippen molar-refractivity contribution in [1.29, 1.82) is 0 Å². The van der Waals surface area contributed by atoms with Crippen molar-refractivity contribution >= 4 is 38.7 Å². The molecule has 102 valence electrons. The Labute approximate surface area is 118 Å². The molecule has 2 rings (SSSR count). The SMILES string of the molecule is Cc1cscc1CNS(=O)(=O)c1csc(C(=O)O)c1. The van der Waals surface area contributed by atoms with E-state index in [0.717, 1.165) is 28.5 Å². The van der Waals surface area contributed by atoms with E-state index in [1.165, 1.54) is 16.7 Å². The molecule has 0 fully saturated rings. The summed E-state index contributed by atoms with van der Waals surface area (Å²) in [5.41, 5.74) is 1.95. The van der Waals surface area contributed by atoms with E-state index in [2.05, 4.69) is 4.72 Å². The molecule has 0 spiro atoms. The predicted octanol–water partition coefficient (Wildman–Crippen LogP) is 2.29. The Morgan fingerprint density at radius 2 is 2.11 bits per heavy atom. The average molecular weight is 317 g/mol. The van der Waals surface area contributed by atoms with E-state index in [1.54, 1.807) is 0 Å². The first-order chi connectivity index (χ1) is 8.90. The summed E-state index contributed by atoms with van der Waals surface area (Å²) in [6.45, 7) is 2.11. The van der Waals surface area contributed by atoms with Gasteiger partial charge in [0.1, 0.15) is 4.88 Å². The van der Waals surface area contributed by atoms with Crippen LogP contribution in [0.2, 0.25) is 0 Å². The van der Waals surface area contributed by atoms with Gasteiger partial charge in [0, 0.05) is 11.9 Å². The standard InChI is InChI=1S/C11H11NO4S3/c1-7-4-17-5-8(7)3-12-19(15,16)9-2-10(11(13)14)18-6-9/h2,4-6,12H,3H2,1H3,(H,13,14). The first-order valence-electron chi connectivity index (χ1n) is 5.23. The predicted molar refractivity (Wildman–Crippen MR) is 74.4 cm³/mol. The summed E-state index contributed by atoms with van der Waals surface area (Å²) < 4.78 is 26.4. The zero-order valence-electron chi connectivity index (χ0n) is 9.91. The molecule has 0 bridgehead atoms. The number of rotatable bonds is 5. The van der Waals surface area contributed by atoms with Gasteiger partial charge in [0.05, 0.1) is 4.90 Å². The molecule has 0 aliphatic carbocycles. The van der Waals surface area contributed by atoms with Gasteiger partial charge in [0.2, 0.25) is 10.0 Å². The number of hydrogen-bond acceptors (Lipinski definition) is 5. The fourth-order valence-corrected chi connectivity index (χ4v) is 4.37. The Morgan fingerprint density at radius 1 is 1.37 bits per heavy atom. The number of carboxylic acid groups (broad SMARTS) is 1. The summed E-state index contributed by atoms with van der Waals surface area (Å²) in [6.07, 6.45) is 0. The summed E-state index contributed by atoms with van der Waals surface area (Å²) in [7, 11) is -3.66. The molecular weight excluding hydrogens is 306 g/mol. The second kappa shape index (κ2) is 5.41. The first-order valence-corrected chi connectivity index (χ1v) is 8.54. The van der Waals surface area contributed by atoms with Crippen LogP contribution in [-0.4, -0.2) is 19.5 Å². The summed E-state index contributed by atoms with van der Waals surface area (Å²) >= 11 is 2.40. The van der Waals surface area contributed by atoms with Crippen molar-refractivity contribution in [2.24, 2.45) is 0 Å². The van der Waals surface area contributed by atoms with E-state index in [1.807, 2.05) is 17.7 Å². The zero-order chi connectivity index (χ0) is 14.0. The van der Waals surface area contributed by atoms with Gasteiger partial charge in [0.25, 0.3) is 0 Å². The van der Waals surface area contributed by atoms with Crippen LogP contribution in [0.4, 0.5) is 0 Å². The summed E-state index contributed by atoms with van der Waals surface area (Å²) in [5.74, 6) is -1.12. The molecule has 0 atom stereocenters. The topological polar surface area (TPSA) is 83.5 Å². The van der Waals surface area contributed by atoms with Crippen LogP contribution in [0.1, 0.15) is 20.8 Å². The van der Waals surface area contributed by atoms with E-state index >= 15 is 0 Å². The molecule has 8 heteroatoms. The van der Waals surface area contributed by atoms with Crippen molar-refractivity contribution in [3.63, 3.8) is 0 Å². The smallest absolute Gasteiger partial charge is 0.345 e. The van der Waals surface area contributed by atoms with Crippen LogP contribution in [0.25, 0.3) is 0 Å². The van der Waals surface area contributed by atoms with Gasteiger partial charge in [0.15, 0.2) is 0 Å². The molecule has 0 aliphatic heterocycles. The van der Waals surface area contributed by atoms with Crippen LogP contribution in [0.5, 0.6) is 0 Å². The van der Waals surface area contributed by atoms with Gasteiger partial charge in [-0.05, 0) is 34.9 Å². The van der Waals surface area contributed by atoms with Crippen LogP contribution >= 0.6 is 22.7 Å². The molecule has 0 radical (unpaired) electrons. The van der Waals surface area contributed by atoms with Gasteiger partial charge in [-0.15, -0.1) is 11.3 Å². The molecule has 19 heavy (non-hydrogen) atoms. The highest BCUT2D eigenvalue weighted by Gasteiger charge is 2.18. The molecule has 0 saturated carbocycles. The lowest BCUT2D eigenvalue weighted by molar-refractivity contribution is 0.0702. The largest absolute Gasteiger partial charge is 0.477 e. The van der Waals surface area contributed by atoms with Crippen molar-refractivity contribution in [3.8, 4) is 0 Å². The van der Waals surface area contributed by atoms with Crippen LogP contribution in [0, 0.1) is 6.92 Å². The Bertz CT molecular complexity index is 699. The maximum atomic E-state index is 12.0. The third-order valence-electron chi connectivity index (χ3n) is 2.51. The van der Waals surface area contributed by atoms with Gasteiger partial charge in [-0.2, -0.15) is 11.3 Å². The number of aromatic carboxylic acids is 1. The highest BCUT2D eigenvalue weighted by Crippen LogP contribution is 2.20. The van der Waals surface area contributed by atoms with Gasteiger partial charge >= 0.3 is 5.97 Å². The van der Waals surface area contributed by atoms with Gasteiger partial charge in [-0.3, -0.25) is 0 Å². The minimum atomic E-state index is -3.66. The van der Waals surface area contributed by atoms with E-state index in [9.17, 15) is 13.2 Å². The monoisotopic (exact) mass is 317 g/mol. The molecule has 2 heterocycles. The molecule has 2 aromatic heterocycles. The van der Waals surface area contributed by atoms with Gasteiger partial charge in [-0.25, -0.2) is 17.9 Å². The lowest BCUT2D eigenvalue weighted by Gasteiger charge is -2.04. The van der Waals surface area contributed by atoms with Crippen molar-refractivity contribution in [1.82, 2.24) is 4.72 Å². The van der Waals surface area contributed by atoms with Crippen molar-refractivity contribution in [2.75, 3.05) is 0 Å². The van der Waals surface area contributed by atoms with E-state index < -0.39 is 16.0 Å². The average Bonchev–Trinajstić information content (AvgIpc) is 2.95. The second-order valence-electron chi connectivity index (χ2n) is 3.86. The summed E-state index contributed by atoms with van der Waals surface area (Å²) in [5, 5.41) is 13.9. The second-order valence-corrected chi connectivity index (χ2v) is 7.28. The maximum Gasteiger partial charge on any atom is 0.345 e. The first kappa shape index (κ1) is 14.2. The highest BCUT2D eigenvalue weighted by atomic mass is 32.2. The third-order valence-corrected chi connectivity index (χ3v) is 5.87. The number of carbonyl (C=O) groups is 1. The Kier molecular flexibility index (Phi) is 4.04. The van der Waals surface area contributed by atoms with E-state index in [-0.39, 0.29) is 16.3 Å². The normalized spacial score (nSPS) is 11.6. The van der Waals surface area contributed by atoms with Crippen LogP contribution in [0.3, 0.4) is 0 Å². The number of thiophene rings is 2. The summed E-state index contributed by atoms with van der Waals surface area (Å²) in [4.78, 5) is 10.7. The Hall–Kier alpha value is -1.22. The van der Waals surface area contributed by atoms with Crippen LogP contribution < -0.4 is 4.72 Å². The number of nitrogens with one attached hydrogen (secondary N) is 1. The fourth-order valence-electron chi connectivity index (χ4n) is 1.40. The van der Waals surface area contributed by atoms with Crippen LogP contribution in [0.15, 0.2) is 27.1 Å². The van der Waals surface area contributed by atoms with Crippen molar-refractivity contribution < 1.29 is 18.3 Å². The minimum Gasteiger partial charge on any atom is -0.477 e. The maximum absolute atomic E-state index is 12.0. The lowest BCUT2D eigenvalue weighted by Crippen LogP contribution is -2.22. The Morgan fingerprint density at radius 3 is 2.63 bits per heavy atom. The van der Waals surface area contributed by atoms with Crippen molar-refractivity contribution in [3.05, 3.63) is 38.2 Å². The van der Waals surface area contributed by atoms with Gasteiger partial charge < -0.3 is 5.11 Å². The van der Waals surface area contributed by atoms with E-state index in [0.29, 0.717) is 0 Å². The summed E-state index contributed by atoms with van der Waals surface area (Å²) in [6, 6.07) is 1.16. The molecule has 5 nitrogen and oxygen atoms in total. The Balaban J connectivity index is 2.14. The molecule has 2 aromatic rings. The number of sulfonamides is 1. The molecule has 2 N–H and O–H groups in total. The van der Waals surface area contributed by atoms with Crippen molar-refractivity contribution in [2.45, 2.75) is 18.4 Å². The fraction of sp³-hybridized carbons (Fsp3) is 0.182. The third kappa shape index (κ3) is 3.21. The highest BCUT2D eigenvalue weighted by molar-refractivity contribution is 7.89. The van der Waals surface area contributed by atoms with E-state index in [4.69, 9.17) is 5.11 Å². The quantitative estimate of drug-likeness (QED) is 0.886. The molecule has 0 saturated heterocycles. The molecule has 0 aliphatic rings. The molecule has 0 unspecified atom stereocenters. The van der Waals surface area contributed by atoms with Gasteiger partial charge in [-0.1, -0.05) is 0 Å².